The molecule has 1 aliphatic rings. The third kappa shape index (κ3) is 2.74. The van der Waals surface area contributed by atoms with E-state index in [9.17, 15) is 0 Å². The topological polar surface area (TPSA) is 3.24 Å². The van der Waals surface area contributed by atoms with Gasteiger partial charge in [0, 0.05) is 17.9 Å². The summed E-state index contributed by atoms with van der Waals surface area (Å²) >= 11 is 3.57. The molecule has 0 aromatic rings. The van der Waals surface area contributed by atoms with Gasteiger partial charge in [-0.15, -0.1) is 0 Å². The van der Waals surface area contributed by atoms with Gasteiger partial charge < -0.3 is 4.90 Å². The quantitative estimate of drug-likeness (QED) is 0.661. The van der Waals surface area contributed by atoms with Gasteiger partial charge in [0.05, 0.1) is 0 Å². The molecule has 0 N–H and O–H groups in total. The number of nitrogens with zero attached hydrogens (tertiary/aromatic N) is 1. The molecule has 0 bridgehead atoms. The van der Waals surface area contributed by atoms with Gasteiger partial charge in [0.2, 0.25) is 0 Å². The average molecular weight is 234 g/mol. The summed E-state index contributed by atoms with van der Waals surface area (Å²) in [5, 5.41) is 1.15. The molecule has 0 aliphatic heterocycles. The van der Waals surface area contributed by atoms with Crippen LogP contribution < -0.4 is 0 Å². The highest BCUT2D eigenvalue weighted by atomic mass is 79.9. The van der Waals surface area contributed by atoms with Crippen molar-refractivity contribution < 1.29 is 0 Å². The molecule has 1 fully saturated rings. The normalized spacial score (nSPS) is 21.0. The molecule has 1 unspecified atom stereocenters. The van der Waals surface area contributed by atoms with E-state index in [1.54, 1.807) is 0 Å². The highest BCUT2D eigenvalue weighted by Crippen LogP contribution is 2.24. The van der Waals surface area contributed by atoms with Crippen LogP contribution in [0.4, 0.5) is 0 Å². The summed E-state index contributed by atoms with van der Waals surface area (Å²) in [6.07, 6.45) is 5.59. The summed E-state index contributed by atoms with van der Waals surface area (Å²) in [5.41, 5.74) is 0. The molecular formula is C10H20BrN. The number of rotatable bonds is 5. The summed E-state index contributed by atoms with van der Waals surface area (Å²) in [6, 6.07) is 0.901. The molecule has 1 nitrogen and oxygen atoms in total. The Hall–Kier alpha value is 0.440. The van der Waals surface area contributed by atoms with Gasteiger partial charge in [0.15, 0.2) is 0 Å². The third-order valence-corrected chi connectivity index (χ3v) is 3.96. The van der Waals surface area contributed by atoms with Crippen LogP contribution in [0, 0.1) is 5.92 Å². The van der Waals surface area contributed by atoms with Crippen LogP contribution in [0.25, 0.3) is 0 Å². The molecule has 1 atom stereocenters. The van der Waals surface area contributed by atoms with E-state index in [0.717, 1.165) is 17.3 Å². The molecule has 1 saturated carbocycles. The lowest BCUT2D eigenvalue weighted by atomic mass is 9.91. The minimum atomic E-state index is 0.843. The number of hydrogen-bond acceptors (Lipinski definition) is 1. The van der Waals surface area contributed by atoms with E-state index in [1.165, 1.54) is 32.2 Å². The van der Waals surface area contributed by atoms with Crippen molar-refractivity contribution in [3.8, 4) is 0 Å². The first-order valence-corrected chi connectivity index (χ1v) is 6.16. The van der Waals surface area contributed by atoms with Crippen molar-refractivity contribution in [2.45, 2.75) is 38.6 Å². The van der Waals surface area contributed by atoms with Crippen LogP contribution in [0.3, 0.4) is 0 Å². The van der Waals surface area contributed by atoms with Gasteiger partial charge in [-0.3, -0.25) is 0 Å². The molecule has 0 radical (unpaired) electrons. The van der Waals surface area contributed by atoms with E-state index < -0.39 is 0 Å². The Kier molecular flexibility index (Phi) is 4.59. The van der Waals surface area contributed by atoms with Crippen LogP contribution in [0.15, 0.2) is 0 Å². The average Bonchev–Trinajstić information content (AvgIpc) is 1.96. The van der Waals surface area contributed by atoms with Crippen molar-refractivity contribution in [3.05, 3.63) is 0 Å². The van der Waals surface area contributed by atoms with E-state index in [-0.39, 0.29) is 0 Å². The van der Waals surface area contributed by atoms with Gasteiger partial charge >= 0.3 is 0 Å². The molecule has 0 aromatic heterocycles. The first kappa shape index (κ1) is 10.5. The van der Waals surface area contributed by atoms with Crippen molar-refractivity contribution in [1.82, 2.24) is 4.90 Å². The zero-order chi connectivity index (χ0) is 8.97. The van der Waals surface area contributed by atoms with Crippen molar-refractivity contribution in [2.24, 2.45) is 5.92 Å². The molecule has 1 aliphatic carbocycles. The van der Waals surface area contributed by atoms with Gasteiger partial charge in [0.25, 0.3) is 0 Å². The van der Waals surface area contributed by atoms with Crippen LogP contribution in [0.1, 0.15) is 32.6 Å². The van der Waals surface area contributed by atoms with Gasteiger partial charge in [-0.2, -0.15) is 0 Å². The van der Waals surface area contributed by atoms with Gasteiger partial charge in [-0.25, -0.2) is 0 Å². The van der Waals surface area contributed by atoms with Crippen molar-refractivity contribution in [3.63, 3.8) is 0 Å². The fraction of sp³-hybridized carbons (Fsp3) is 1.00. The first-order valence-electron chi connectivity index (χ1n) is 5.04. The first-order chi connectivity index (χ1) is 5.77. The number of alkyl halides is 1. The predicted octanol–water partition coefficient (Wildman–Crippen LogP) is 2.89. The second-order valence-corrected chi connectivity index (χ2v) is 4.60. The second-order valence-electron chi connectivity index (χ2n) is 3.95. The lowest BCUT2D eigenvalue weighted by Gasteiger charge is -2.36. The Bertz CT molecular complexity index is 119. The molecule has 0 amide bonds. The smallest absolute Gasteiger partial charge is 0.00923 e. The monoisotopic (exact) mass is 233 g/mol. The molecule has 72 valence electrons. The van der Waals surface area contributed by atoms with Crippen molar-refractivity contribution in [2.75, 3.05) is 18.9 Å². The summed E-state index contributed by atoms with van der Waals surface area (Å²) in [5.74, 6) is 0.843. The summed E-state index contributed by atoms with van der Waals surface area (Å²) in [6.45, 7) is 3.55. The minimum Gasteiger partial charge on any atom is -0.303 e. The highest BCUT2D eigenvalue weighted by Gasteiger charge is 2.23. The summed E-state index contributed by atoms with van der Waals surface area (Å²) in [7, 11) is 2.27. The zero-order valence-corrected chi connectivity index (χ0v) is 9.81. The van der Waals surface area contributed by atoms with E-state index >= 15 is 0 Å². The molecule has 2 heteroatoms. The maximum absolute atomic E-state index is 3.57. The summed E-state index contributed by atoms with van der Waals surface area (Å²) < 4.78 is 0. The van der Waals surface area contributed by atoms with Gasteiger partial charge in [-0.05, 0) is 25.8 Å². The fourth-order valence-electron chi connectivity index (χ4n) is 1.67. The van der Waals surface area contributed by atoms with E-state index in [4.69, 9.17) is 0 Å². The van der Waals surface area contributed by atoms with Crippen LogP contribution >= 0.6 is 15.9 Å². The molecule has 0 spiro atoms. The molecule has 0 saturated heterocycles. The molecular weight excluding hydrogens is 214 g/mol. The summed E-state index contributed by atoms with van der Waals surface area (Å²) in [4.78, 5) is 2.54. The molecule has 0 aromatic carbocycles. The van der Waals surface area contributed by atoms with Gasteiger partial charge in [-0.1, -0.05) is 35.7 Å². The third-order valence-electron chi connectivity index (χ3n) is 3.04. The fourth-order valence-corrected chi connectivity index (χ4v) is 2.33. The van der Waals surface area contributed by atoms with Crippen molar-refractivity contribution in [1.29, 1.82) is 0 Å². The van der Waals surface area contributed by atoms with Gasteiger partial charge in [0.1, 0.15) is 0 Å². The standard InChI is InChI=1S/C10H20BrN/c1-3-9(7-11)8-12(2)10-5-4-6-10/h9-10H,3-8H2,1-2H3. The lowest BCUT2D eigenvalue weighted by molar-refractivity contribution is 0.141. The SMILES string of the molecule is CCC(CBr)CN(C)C1CCC1. The largest absolute Gasteiger partial charge is 0.303 e. The maximum Gasteiger partial charge on any atom is 0.00923 e. The molecule has 12 heavy (non-hydrogen) atoms. The highest BCUT2D eigenvalue weighted by molar-refractivity contribution is 9.09. The van der Waals surface area contributed by atoms with Crippen LogP contribution in [-0.2, 0) is 0 Å². The maximum atomic E-state index is 3.57. The Morgan fingerprint density at radius 3 is 2.50 bits per heavy atom. The van der Waals surface area contributed by atoms with E-state index in [1.807, 2.05) is 0 Å². The Morgan fingerprint density at radius 1 is 1.50 bits per heavy atom. The Labute approximate surface area is 84.6 Å². The molecule has 0 heterocycles. The van der Waals surface area contributed by atoms with Crippen molar-refractivity contribution >= 4 is 15.9 Å². The van der Waals surface area contributed by atoms with Crippen LogP contribution in [0.2, 0.25) is 0 Å². The Morgan fingerprint density at radius 2 is 2.17 bits per heavy atom. The van der Waals surface area contributed by atoms with E-state index in [0.29, 0.717) is 0 Å². The Balaban J connectivity index is 2.18. The lowest BCUT2D eigenvalue weighted by Crippen LogP contribution is -2.40. The van der Waals surface area contributed by atoms with E-state index in [2.05, 4.69) is 34.8 Å². The zero-order valence-electron chi connectivity index (χ0n) is 8.22. The second kappa shape index (κ2) is 5.23. The molecule has 1 rings (SSSR count). The van der Waals surface area contributed by atoms with Crippen LogP contribution in [-0.4, -0.2) is 29.9 Å². The van der Waals surface area contributed by atoms with Crippen LogP contribution in [0.5, 0.6) is 0 Å². The number of halogens is 1. The number of hydrogen-bond donors (Lipinski definition) is 0. The predicted molar refractivity (Wildman–Crippen MR) is 57.8 cm³/mol. The minimum absolute atomic E-state index is 0.843.